The minimum Gasteiger partial charge on any atom is -0.387 e. The van der Waals surface area contributed by atoms with Crippen LogP contribution in [0.15, 0.2) is 44.6 Å². The molecular formula is C21H20N6O4S. The van der Waals surface area contributed by atoms with Crippen LogP contribution < -0.4 is 11.2 Å². The fourth-order valence-electron chi connectivity index (χ4n) is 3.73. The summed E-state index contributed by atoms with van der Waals surface area (Å²) in [4.78, 5) is 30.0. The summed E-state index contributed by atoms with van der Waals surface area (Å²) in [6.07, 6.45) is 0.876. The molecule has 0 aliphatic rings. The summed E-state index contributed by atoms with van der Waals surface area (Å²) in [6, 6.07) is 8.13. The lowest BCUT2D eigenvalue weighted by molar-refractivity contribution is 0.178. The monoisotopic (exact) mass is 452 g/mol. The fraction of sp³-hybridized carbons (Fsp3) is 0.286. The van der Waals surface area contributed by atoms with Crippen LogP contribution in [0.3, 0.4) is 0 Å². The number of nitrogens with zero attached hydrogens (tertiary/aromatic N) is 6. The summed E-state index contributed by atoms with van der Waals surface area (Å²) in [5.41, 5.74) is 1.14. The molecule has 0 unspecified atom stereocenters. The van der Waals surface area contributed by atoms with Gasteiger partial charge in [0.2, 0.25) is 5.89 Å². The zero-order valence-corrected chi connectivity index (χ0v) is 18.5. The second-order valence-electron chi connectivity index (χ2n) is 7.76. The molecule has 164 valence electrons. The molecule has 5 aromatic rings. The molecule has 0 aliphatic carbocycles. The van der Waals surface area contributed by atoms with Gasteiger partial charge in [0.15, 0.2) is 5.82 Å². The Bertz CT molecular complexity index is 1590. The van der Waals surface area contributed by atoms with E-state index in [0.717, 1.165) is 15.0 Å². The second-order valence-corrected chi connectivity index (χ2v) is 8.87. The van der Waals surface area contributed by atoms with Crippen LogP contribution in [0.4, 0.5) is 0 Å². The number of rotatable bonds is 5. The molecule has 0 amide bonds. The lowest BCUT2D eigenvalue weighted by Crippen LogP contribution is -2.26. The molecule has 4 aromatic heterocycles. The number of aromatic nitrogens is 6. The largest absolute Gasteiger partial charge is 0.387 e. The van der Waals surface area contributed by atoms with Crippen LogP contribution in [-0.2, 0) is 27.1 Å². The minimum absolute atomic E-state index is 0.0386. The molecule has 10 nitrogen and oxygen atoms in total. The first kappa shape index (κ1) is 20.3. The molecule has 0 saturated carbocycles. The number of aliphatic hydroxyl groups is 1. The lowest BCUT2D eigenvalue weighted by Gasteiger charge is -2.04. The van der Waals surface area contributed by atoms with Crippen molar-refractivity contribution in [3.8, 4) is 0 Å². The Kier molecular flexibility index (Phi) is 4.79. The highest BCUT2D eigenvalue weighted by atomic mass is 32.1. The number of hydrogen-bond donors (Lipinski definition) is 1. The van der Waals surface area contributed by atoms with Crippen LogP contribution in [0.2, 0.25) is 0 Å². The van der Waals surface area contributed by atoms with Crippen LogP contribution in [0.25, 0.3) is 21.1 Å². The number of benzene rings is 1. The van der Waals surface area contributed by atoms with E-state index >= 15 is 0 Å². The number of fused-ring (bicyclic) bond motifs is 2. The van der Waals surface area contributed by atoms with E-state index in [1.165, 1.54) is 44.0 Å². The van der Waals surface area contributed by atoms with Gasteiger partial charge in [0, 0.05) is 30.1 Å². The molecule has 1 aromatic carbocycles. The van der Waals surface area contributed by atoms with Crippen molar-refractivity contribution in [2.45, 2.75) is 26.0 Å². The SMILES string of the molecule is Cc1ccc2cc([C@@H](O)Cc3noc(Cn4ncc5c(c4=O)n(C)c(=O)n5C)n3)sc2c1. The zero-order chi connectivity index (χ0) is 22.6. The maximum Gasteiger partial charge on any atom is 0.328 e. The van der Waals surface area contributed by atoms with Crippen LogP contribution in [0, 0.1) is 6.92 Å². The van der Waals surface area contributed by atoms with Gasteiger partial charge < -0.3 is 9.63 Å². The molecule has 0 aliphatic heterocycles. The Labute approximate surface area is 185 Å². The standard InChI is InChI=1S/C21H20N6O4S/c1-11-4-5-12-7-16(32-15(12)6-11)14(28)8-17-23-18(31-24-17)10-27-20(29)19-13(9-22-27)25(2)21(30)26(19)3/h4-7,9,14,28H,8,10H2,1-3H3/t14-/m0/s1. The highest BCUT2D eigenvalue weighted by Gasteiger charge is 2.18. The van der Waals surface area contributed by atoms with Crippen molar-refractivity contribution in [1.29, 1.82) is 0 Å². The number of aliphatic hydroxyl groups excluding tert-OH is 1. The number of aryl methyl sites for hydroxylation is 3. The summed E-state index contributed by atoms with van der Waals surface area (Å²) in [6.45, 7) is 1.99. The molecule has 11 heteroatoms. The molecule has 0 fully saturated rings. The van der Waals surface area contributed by atoms with E-state index < -0.39 is 11.7 Å². The number of imidazole rings is 1. The number of thiophene rings is 1. The van der Waals surface area contributed by atoms with Crippen LogP contribution in [0.5, 0.6) is 0 Å². The zero-order valence-electron chi connectivity index (χ0n) is 17.6. The van der Waals surface area contributed by atoms with Crippen molar-refractivity contribution in [2.75, 3.05) is 0 Å². The van der Waals surface area contributed by atoms with E-state index in [0.29, 0.717) is 11.3 Å². The van der Waals surface area contributed by atoms with Gasteiger partial charge in [0.25, 0.3) is 5.56 Å². The second kappa shape index (κ2) is 7.53. The van der Waals surface area contributed by atoms with Crippen LogP contribution >= 0.6 is 11.3 Å². The molecule has 0 radical (unpaired) electrons. The van der Waals surface area contributed by atoms with E-state index in [1.54, 1.807) is 7.05 Å². The third kappa shape index (κ3) is 3.35. The first-order chi connectivity index (χ1) is 15.3. The average Bonchev–Trinajstić information content (AvgIpc) is 3.44. The summed E-state index contributed by atoms with van der Waals surface area (Å²) in [5, 5.41) is 19.8. The average molecular weight is 452 g/mol. The van der Waals surface area contributed by atoms with E-state index in [-0.39, 0.29) is 30.1 Å². The Morgan fingerprint density at radius 2 is 2.00 bits per heavy atom. The maximum atomic E-state index is 12.8. The topological polar surface area (TPSA) is 121 Å². The fourth-order valence-corrected chi connectivity index (χ4v) is 4.88. The third-order valence-electron chi connectivity index (χ3n) is 5.46. The van der Waals surface area contributed by atoms with Gasteiger partial charge in [-0.25, -0.2) is 9.48 Å². The summed E-state index contributed by atoms with van der Waals surface area (Å²) >= 11 is 1.53. The third-order valence-corrected chi connectivity index (χ3v) is 6.66. The summed E-state index contributed by atoms with van der Waals surface area (Å²) in [5.74, 6) is 0.524. The molecule has 1 N–H and O–H groups in total. The molecule has 5 rings (SSSR count). The van der Waals surface area contributed by atoms with Gasteiger partial charge >= 0.3 is 5.69 Å². The Morgan fingerprint density at radius 1 is 1.19 bits per heavy atom. The van der Waals surface area contributed by atoms with E-state index in [9.17, 15) is 14.7 Å². The maximum absolute atomic E-state index is 12.8. The van der Waals surface area contributed by atoms with E-state index in [4.69, 9.17) is 4.52 Å². The number of hydrogen-bond acceptors (Lipinski definition) is 8. The quantitative estimate of drug-likeness (QED) is 0.430. The molecule has 0 bridgehead atoms. The van der Waals surface area contributed by atoms with Crippen LogP contribution in [0.1, 0.15) is 28.3 Å². The molecule has 32 heavy (non-hydrogen) atoms. The molecule has 0 saturated heterocycles. The normalized spacial score (nSPS) is 12.8. The predicted octanol–water partition coefficient (Wildman–Crippen LogP) is 1.66. The van der Waals surface area contributed by atoms with Gasteiger partial charge in [-0.2, -0.15) is 10.1 Å². The van der Waals surface area contributed by atoms with Crippen molar-refractivity contribution in [1.82, 2.24) is 29.1 Å². The van der Waals surface area contributed by atoms with Gasteiger partial charge in [-0.3, -0.25) is 13.9 Å². The summed E-state index contributed by atoms with van der Waals surface area (Å²) in [7, 11) is 3.13. The van der Waals surface area contributed by atoms with Gasteiger partial charge in [-0.15, -0.1) is 11.3 Å². The Hall–Kier alpha value is -3.57. The van der Waals surface area contributed by atoms with Crippen molar-refractivity contribution < 1.29 is 9.63 Å². The smallest absolute Gasteiger partial charge is 0.328 e. The van der Waals surface area contributed by atoms with Crippen molar-refractivity contribution in [3.63, 3.8) is 0 Å². The molecule has 4 heterocycles. The first-order valence-corrected chi connectivity index (χ1v) is 10.7. The van der Waals surface area contributed by atoms with Crippen molar-refractivity contribution >= 4 is 32.5 Å². The highest BCUT2D eigenvalue weighted by Crippen LogP contribution is 2.31. The van der Waals surface area contributed by atoms with Crippen molar-refractivity contribution in [2.24, 2.45) is 14.1 Å². The Balaban J connectivity index is 1.37. The van der Waals surface area contributed by atoms with Gasteiger partial charge in [-0.1, -0.05) is 17.3 Å². The van der Waals surface area contributed by atoms with Gasteiger partial charge in [0.1, 0.15) is 12.1 Å². The Morgan fingerprint density at radius 3 is 2.81 bits per heavy atom. The van der Waals surface area contributed by atoms with Gasteiger partial charge in [0.05, 0.1) is 17.8 Å². The molecule has 0 spiro atoms. The van der Waals surface area contributed by atoms with E-state index in [2.05, 4.69) is 21.3 Å². The van der Waals surface area contributed by atoms with E-state index in [1.807, 2.05) is 25.1 Å². The first-order valence-electron chi connectivity index (χ1n) is 9.93. The summed E-state index contributed by atoms with van der Waals surface area (Å²) < 4.78 is 10.2. The lowest BCUT2D eigenvalue weighted by atomic mass is 10.1. The van der Waals surface area contributed by atoms with Crippen molar-refractivity contribution in [3.05, 3.63) is 73.5 Å². The van der Waals surface area contributed by atoms with Gasteiger partial charge in [-0.05, 0) is 30.0 Å². The van der Waals surface area contributed by atoms with Crippen LogP contribution in [-0.4, -0.2) is 34.2 Å². The highest BCUT2D eigenvalue weighted by molar-refractivity contribution is 7.19. The molecule has 1 atom stereocenters. The molecular weight excluding hydrogens is 432 g/mol. The predicted molar refractivity (Wildman–Crippen MR) is 119 cm³/mol. The minimum atomic E-state index is -0.769.